The van der Waals surface area contributed by atoms with E-state index in [1.165, 1.54) is 0 Å². The molecule has 87 valence electrons. The van der Waals surface area contributed by atoms with Crippen molar-refractivity contribution in [1.29, 1.82) is 5.26 Å². The summed E-state index contributed by atoms with van der Waals surface area (Å²) < 4.78 is 5.33. The van der Waals surface area contributed by atoms with Crippen molar-refractivity contribution in [2.75, 3.05) is 0 Å². The first-order valence-electron chi connectivity index (χ1n) is 5.22. The topological polar surface area (TPSA) is 50.1 Å². The second-order valence-corrected chi connectivity index (χ2v) is 6.55. The van der Waals surface area contributed by atoms with Crippen molar-refractivity contribution < 1.29 is 9.53 Å². The van der Waals surface area contributed by atoms with Crippen LogP contribution < -0.4 is 0 Å². The third-order valence-electron chi connectivity index (χ3n) is 2.27. The lowest BCUT2D eigenvalue weighted by molar-refractivity contribution is 0.0495. The first kappa shape index (κ1) is 13.2. The van der Waals surface area contributed by atoms with Gasteiger partial charge in [-0.15, -0.1) is 0 Å². The highest BCUT2D eigenvalue weighted by atomic mass is 28.3. The van der Waals surface area contributed by atoms with Crippen LogP contribution in [0.2, 0.25) is 13.1 Å². The molecule has 0 aromatic heterocycles. The summed E-state index contributed by atoms with van der Waals surface area (Å²) in [5.41, 5.74) is 0.791. The van der Waals surface area contributed by atoms with Crippen LogP contribution in [0.4, 0.5) is 0 Å². The van der Waals surface area contributed by atoms with E-state index in [4.69, 9.17) is 10.00 Å². The van der Waals surface area contributed by atoms with Crippen LogP contribution in [-0.2, 0) is 4.74 Å². The van der Waals surface area contributed by atoms with Gasteiger partial charge in [0, 0.05) is 0 Å². The van der Waals surface area contributed by atoms with E-state index in [-0.39, 0.29) is 11.7 Å². The largest absolute Gasteiger partial charge is 0.459 e. The number of nitriles is 1. The van der Waals surface area contributed by atoms with Crippen molar-refractivity contribution in [2.45, 2.75) is 18.8 Å². The van der Waals surface area contributed by atoms with Gasteiger partial charge in [0.05, 0.1) is 26.0 Å². The van der Waals surface area contributed by atoms with Gasteiger partial charge < -0.3 is 4.74 Å². The minimum Gasteiger partial charge on any atom is -0.459 e. The fourth-order valence-corrected chi connectivity index (χ4v) is 2.08. The SMILES string of the molecule is C=CC(OC(=O)c1ccc(C#N)cc1)[Si](C)C. The highest BCUT2D eigenvalue weighted by molar-refractivity contribution is 6.58. The minimum absolute atomic E-state index is 0.192. The third kappa shape index (κ3) is 3.57. The van der Waals surface area contributed by atoms with Gasteiger partial charge in [-0.25, -0.2) is 4.79 Å². The second kappa shape index (κ2) is 6.02. The summed E-state index contributed by atoms with van der Waals surface area (Å²) in [5.74, 6) is -0.370. The van der Waals surface area contributed by atoms with Gasteiger partial charge in [0.2, 0.25) is 0 Å². The lowest BCUT2D eigenvalue weighted by Crippen LogP contribution is -2.28. The molecule has 0 N–H and O–H groups in total. The summed E-state index contributed by atoms with van der Waals surface area (Å²) in [6.07, 6.45) is 1.66. The molecule has 0 saturated carbocycles. The van der Waals surface area contributed by atoms with Crippen LogP contribution in [0, 0.1) is 11.3 Å². The molecule has 17 heavy (non-hydrogen) atoms. The number of hydrogen-bond acceptors (Lipinski definition) is 3. The van der Waals surface area contributed by atoms with Crippen molar-refractivity contribution in [1.82, 2.24) is 0 Å². The summed E-state index contributed by atoms with van der Waals surface area (Å²) in [6, 6.07) is 8.39. The Kier molecular flexibility index (Phi) is 4.67. The van der Waals surface area contributed by atoms with Crippen molar-refractivity contribution in [3.8, 4) is 6.07 Å². The molecule has 1 unspecified atom stereocenters. The number of hydrogen-bond donors (Lipinski definition) is 0. The number of esters is 1. The van der Waals surface area contributed by atoms with Gasteiger partial charge in [0.15, 0.2) is 0 Å². The molecule has 1 aromatic carbocycles. The van der Waals surface area contributed by atoms with E-state index < -0.39 is 8.80 Å². The van der Waals surface area contributed by atoms with Gasteiger partial charge in [-0.2, -0.15) is 5.26 Å². The van der Waals surface area contributed by atoms with E-state index >= 15 is 0 Å². The van der Waals surface area contributed by atoms with Gasteiger partial charge in [-0.1, -0.05) is 25.7 Å². The van der Waals surface area contributed by atoms with E-state index in [9.17, 15) is 4.79 Å². The number of rotatable bonds is 4. The number of benzene rings is 1. The van der Waals surface area contributed by atoms with Gasteiger partial charge in [0.25, 0.3) is 0 Å². The molecule has 0 aliphatic heterocycles. The highest BCUT2D eigenvalue weighted by Crippen LogP contribution is 2.08. The van der Waals surface area contributed by atoms with E-state index in [0.29, 0.717) is 11.1 Å². The maximum atomic E-state index is 11.8. The summed E-state index contributed by atoms with van der Waals surface area (Å²) in [5, 5.41) is 8.65. The average molecular weight is 244 g/mol. The molecule has 1 radical (unpaired) electrons. The second-order valence-electron chi connectivity index (χ2n) is 3.83. The zero-order chi connectivity index (χ0) is 12.8. The van der Waals surface area contributed by atoms with Crippen LogP contribution in [0.25, 0.3) is 0 Å². The quantitative estimate of drug-likeness (QED) is 0.464. The molecule has 0 heterocycles. The van der Waals surface area contributed by atoms with Crippen LogP contribution in [0.15, 0.2) is 36.9 Å². The zero-order valence-electron chi connectivity index (χ0n) is 9.93. The molecule has 3 nitrogen and oxygen atoms in total. The number of carbonyl (C=O) groups is 1. The van der Waals surface area contributed by atoms with Crippen LogP contribution in [-0.4, -0.2) is 20.5 Å². The van der Waals surface area contributed by atoms with Crippen LogP contribution in [0.3, 0.4) is 0 Å². The Bertz CT molecular complexity index is 445. The molecular formula is C13H14NO2Si. The number of ether oxygens (including phenoxy) is 1. The highest BCUT2D eigenvalue weighted by Gasteiger charge is 2.17. The summed E-state index contributed by atoms with van der Waals surface area (Å²) >= 11 is 0. The lowest BCUT2D eigenvalue weighted by Gasteiger charge is -2.16. The first-order valence-corrected chi connectivity index (χ1v) is 7.80. The molecule has 4 heteroatoms. The Balaban J connectivity index is 2.76. The monoisotopic (exact) mass is 244 g/mol. The lowest BCUT2D eigenvalue weighted by atomic mass is 10.1. The van der Waals surface area contributed by atoms with E-state index in [1.54, 1.807) is 30.3 Å². The van der Waals surface area contributed by atoms with Gasteiger partial charge >= 0.3 is 5.97 Å². The molecular weight excluding hydrogens is 230 g/mol. The van der Waals surface area contributed by atoms with Gasteiger partial charge in [0.1, 0.15) is 5.73 Å². The minimum atomic E-state index is -0.752. The van der Waals surface area contributed by atoms with Gasteiger partial charge in [-0.05, 0) is 24.3 Å². The van der Waals surface area contributed by atoms with Crippen molar-refractivity contribution in [3.63, 3.8) is 0 Å². The van der Waals surface area contributed by atoms with Crippen molar-refractivity contribution >= 4 is 14.8 Å². The maximum Gasteiger partial charge on any atom is 0.338 e. The van der Waals surface area contributed by atoms with Crippen LogP contribution >= 0.6 is 0 Å². The van der Waals surface area contributed by atoms with E-state index in [1.807, 2.05) is 6.07 Å². The Morgan fingerprint density at radius 1 is 1.47 bits per heavy atom. The smallest absolute Gasteiger partial charge is 0.338 e. The third-order valence-corrected chi connectivity index (χ3v) is 3.76. The van der Waals surface area contributed by atoms with E-state index in [2.05, 4.69) is 19.7 Å². The normalized spacial score (nSPS) is 11.6. The fourth-order valence-electron chi connectivity index (χ4n) is 1.27. The molecule has 0 aliphatic rings. The maximum absolute atomic E-state index is 11.8. The Labute approximate surface area is 103 Å². The molecule has 1 aromatic rings. The van der Waals surface area contributed by atoms with E-state index in [0.717, 1.165) is 0 Å². The molecule has 1 atom stereocenters. The summed E-state index contributed by atoms with van der Waals surface area (Å²) in [7, 11) is -0.752. The molecule has 0 amide bonds. The Morgan fingerprint density at radius 2 is 2.06 bits per heavy atom. The molecule has 0 bridgehead atoms. The zero-order valence-corrected chi connectivity index (χ0v) is 10.9. The molecule has 1 rings (SSSR count). The first-order chi connectivity index (χ1) is 8.08. The van der Waals surface area contributed by atoms with Crippen LogP contribution in [0.1, 0.15) is 15.9 Å². The average Bonchev–Trinajstić information content (AvgIpc) is 2.35. The summed E-state index contributed by atoms with van der Waals surface area (Å²) in [4.78, 5) is 11.8. The van der Waals surface area contributed by atoms with Crippen LogP contribution in [0.5, 0.6) is 0 Å². The standard InChI is InChI=1S/C13H14NO2Si/c1-4-12(17(2)3)16-13(15)11-7-5-10(9-14)6-8-11/h4-8,12H,1H2,2-3H3. The molecule has 0 spiro atoms. The summed E-state index contributed by atoms with van der Waals surface area (Å²) in [6.45, 7) is 7.78. The Morgan fingerprint density at radius 3 is 2.47 bits per heavy atom. The predicted octanol–water partition coefficient (Wildman–Crippen LogP) is 2.56. The number of carbonyl (C=O) groups excluding carboxylic acids is 1. The number of nitrogens with zero attached hydrogens (tertiary/aromatic N) is 1. The predicted molar refractivity (Wildman–Crippen MR) is 68.0 cm³/mol. The van der Waals surface area contributed by atoms with Gasteiger partial charge in [-0.3, -0.25) is 0 Å². The molecule has 0 saturated heterocycles. The van der Waals surface area contributed by atoms with Crippen molar-refractivity contribution in [2.24, 2.45) is 0 Å². The molecule has 0 fully saturated rings. The Hall–Kier alpha value is -1.86. The molecule has 0 aliphatic carbocycles. The fraction of sp³-hybridized carbons (Fsp3) is 0.231. The van der Waals surface area contributed by atoms with Crippen molar-refractivity contribution in [3.05, 3.63) is 48.0 Å².